The van der Waals surface area contributed by atoms with Crippen LogP contribution in [0.3, 0.4) is 0 Å². The van der Waals surface area contributed by atoms with Crippen LogP contribution in [0, 0.1) is 5.41 Å². The van der Waals surface area contributed by atoms with Crippen LogP contribution in [0.2, 0.25) is 5.02 Å². The Kier molecular flexibility index (Phi) is 5.17. The fourth-order valence-corrected chi connectivity index (χ4v) is 6.31. The van der Waals surface area contributed by atoms with E-state index in [-0.39, 0.29) is 17.0 Å². The number of carbonyl (C=O) groups is 2. The maximum atomic E-state index is 14.0. The van der Waals surface area contributed by atoms with E-state index in [1.165, 1.54) is 0 Å². The number of ketones is 2. The molecule has 0 N–H and O–H groups in total. The predicted octanol–water partition coefficient (Wildman–Crippen LogP) is 7.96. The number of hydrogen-bond donors (Lipinski definition) is 0. The zero-order valence-corrected chi connectivity index (χ0v) is 21.8. The highest BCUT2D eigenvalue weighted by molar-refractivity contribution is 9.10. The predicted molar refractivity (Wildman–Crippen MR) is 144 cm³/mol. The molecule has 5 heteroatoms. The summed E-state index contributed by atoms with van der Waals surface area (Å²) in [6.07, 6.45) is 1.16. The summed E-state index contributed by atoms with van der Waals surface area (Å²) in [5.41, 5.74) is 6.25. The number of fused-ring (bicyclic) bond motifs is 2. The van der Waals surface area contributed by atoms with Crippen LogP contribution in [0.1, 0.15) is 54.1 Å². The van der Waals surface area contributed by atoms with E-state index < -0.39 is 5.92 Å². The molecule has 1 aliphatic heterocycles. The van der Waals surface area contributed by atoms with Crippen molar-refractivity contribution in [2.75, 3.05) is 4.90 Å². The number of hydrogen-bond acceptors (Lipinski definition) is 3. The van der Waals surface area contributed by atoms with Gasteiger partial charge in [0.25, 0.3) is 0 Å². The summed E-state index contributed by atoms with van der Waals surface area (Å²) in [6.45, 7) is 4.27. The lowest BCUT2D eigenvalue weighted by molar-refractivity contribution is -0.118. The molecule has 0 saturated carbocycles. The Balaban J connectivity index is 1.72. The van der Waals surface area contributed by atoms with Crippen molar-refractivity contribution in [3.05, 3.63) is 116 Å². The fourth-order valence-electron chi connectivity index (χ4n) is 5.80. The zero-order valence-electron chi connectivity index (χ0n) is 19.4. The average molecular weight is 545 g/mol. The summed E-state index contributed by atoms with van der Waals surface area (Å²) in [4.78, 5) is 30.0. The summed E-state index contributed by atoms with van der Waals surface area (Å²) in [6, 6.07) is 23.4. The molecule has 3 aromatic carbocycles. The first-order valence-electron chi connectivity index (χ1n) is 11.7. The summed E-state index contributed by atoms with van der Waals surface area (Å²) in [7, 11) is 0. The molecule has 0 radical (unpaired) electrons. The van der Waals surface area contributed by atoms with Gasteiger partial charge in [0.15, 0.2) is 11.6 Å². The van der Waals surface area contributed by atoms with Crippen LogP contribution < -0.4 is 4.90 Å². The SMILES string of the molecule is CC1(C)CC(=O)C2=C(C1)N(c1ccc(Br)cc1)C1=C(C(=O)c3ccccc31)C2c1ccccc1Cl. The zero-order chi connectivity index (χ0) is 24.5. The summed E-state index contributed by atoms with van der Waals surface area (Å²) < 4.78 is 0.971. The number of Topliss-reactive ketones (excluding diaryl/α,β-unsaturated/α-hetero) is 2. The van der Waals surface area contributed by atoms with Gasteiger partial charge in [-0.25, -0.2) is 0 Å². The van der Waals surface area contributed by atoms with Gasteiger partial charge in [0.2, 0.25) is 0 Å². The summed E-state index contributed by atoms with van der Waals surface area (Å²) >= 11 is 10.3. The van der Waals surface area contributed by atoms with Crippen LogP contribution in [-0.2, 0) is 4.79 Å². The molecule has 2 aliphatic carbocycles. The minimum Gasteiger partial charge on any atom is -0.313 e. The minimum absolute atomic E-state index is 0.0354. The highest BCUT2D eigenvalue weighted by Crippen LogP contribution is 2.56. The third kappa shape index (κ3) is 3.46. The standard InChI is InChI=1S/C30H23BrClNO2/c1-30(2)15-23-26(24(34)16-30)25(21-9-5-6-10-22(21)32)27-28(19-7-3-4-8-20(19)29(27)35)33(23)18-13-11-17(31)12-14-18/h3-14,25H,15-16H2,1-2H3. The van der Waals surface area contributed by atoms with E-state index in [1.807, 2.05) is 72.8 Å². The van der Waals surface area contributed by atoms with Crippen LogP contribution in [0.25, 0.3) is 5.70 Å². The van der Waals surface area contributed by atoms with Gasteiger partial charge in [-0.15, -0.1) is 0 Å². The molecule has 1 heterocycles. The third-order valence-electron chi connectivity index (χ3n) is 7.19. The second kappa shape index (κ2) is 8.04. The van der Waals surface area contributed by atoms with Crippen LogP contribution >= 0.6 is 27.5 Å². The van der Waals surface area contributed by atoms with Gasteiger partial charge >= 0.3 is 0 Å². The number of benzene rings is 3. The van der Waals surface area contributed by atoms with Crippen LogP contribution in [0.4, 0.5) is 5.69 Å². The Morgan fingerprint density at radius 3 is 2.23 bits per heavy atom. The molecular formula is C30H23BrClNO2. The molecule has 3 aromatic rings. The van der Waals surface area contributed by atoms with Gasteiger partial charge in [-0.1, -0.05) is 83.8 Å². The Hall–Kier alpha value is -2.95. The monoisotopic (exact) mass is 543 g/mol. The van der Waals surface area contributed by atoms with Crippen molar-refractivity contribution in [1.82, 2.24) is 0 Å². The molecule has 1 unspecified atom stereocenters. The molecule has 6 rings (SSSR count). The highest BCUT2D eigenvalue weighted by Gasteiger charge is 2.49. The normalized spacial score (nSPS) is 20.7. The van der Waals surface area contributed by atoms with Gasteiger partial charge in [0.1, 0.15) is 0 Å². The van der Waals surface area contributed by atoms with Crippen molar-refractivity contribution in [1.29, 1.82) is 0 Å². The quantitative estimate of drug-likeness (QED) is 0.328. The molecule has 0 fully saturated rings. The van der Waals surface area contributed by atoms with E-state index in [1.54, 1.807) is 0 Å². The molecule has 1 atom stereocenters. The number of rotatable bonds is 2. The molecule has 3 aliphatic rings. The van der Waals surface area contributed by atoms with Crippen LogP contribution in [0.15, 0.2) is 94.1 Å². The van der Waals surface area contributed by atoms with Crippen LogP contribution in [0.5, 0.6) is 0 Å². The van der Waals surface area contributed by atoms with E-state index >= 15 is 0 Å². The number of carbonyl (C=O) groups excluding carboxylic acids is 2. The minimum atomic E-state index is -0.496. The van der Waals surface area contributed by atoms with Gasteiger partial charge in [-0.2, -0.15) is 0 Å². The Morgan fingerprint density at radius 1 is 0.857 bits per heavy atom. The Bertz CT molecular complexity index is 1480. The van der Waals surface area contributed by atoms with Crippen LogP contribution in [-0.4, -0.2) is 11.6 Å². The Labute approximate surface area is 218 Å². The summed E-state index contributed by atoms with van der Waals surface area (Å²) in [5, 5.41) is 0.565. The maximum absolute atomic E-state index is 14.0. The van der Waals surface area contributed by atoms with Crippen molar-refractivity contribution < 1.29 is 9.59 Å². The largest absolute Gasteiger partial charge is 0.313 e. The second-order valence-electron chi connectivity index (χ2n) is 10.2. The first-order valence-corrected chi connectivity index (χ1v) is 12.9. The molecule has 35 heavy (non-hydrogen) atoms. The molecule has 174 valence electrons. The number of halogens is 2. The number of allylic oxidation sites excluding steroid dienone is 3. The molecular weight excluding hydrogens is 522 g/mol. The van der Waals surface area contributed by atoms with Crippen molar-refractivity contribution in [2.24, 2.45) is 5.41 Å². The van der Waals surface area contributed by atoms with Crippen molar-refractivity contribution >= 4 is 50.5 Å². The third-order valence-corrected chi connectivity index (χ3v) is 8.07. The molecule has 3 nitrogen and oxygen atoms in total. The van der Waals surface area contributed by atoms with E-state index in [0.29, 0.717) is 28.2 Å². The fraction of sp³-hybridized carbons (Fsp3) is 0.200. The first kappa shape index (κ1) is 22.5. The van der Waals surface area contributed by atoms with Gasteiger partial charge in [-0.05, 0) is 47.7 Å². The number of anilines is 1. The lowest BCUT2D eigenvalue weighted by atomic mass is 9.68. The van der Waals surface area contributed by atoms with Gasteiger partial charge in [0, 0.05) is 55.5 Å². The smallest absolute Gasteiger partial charge is 0.192 e. The molecule has 0 aromatic heterocycles. The van der Waals surface area contributed by atoms with Gasteiger partial charge in [0.05, 0.1) is 5.70 Å². The Morgan fingerprint density at radius 2 is 1.51 bits per heavy atom. The molecule has 0 saturated heterocycles. The lowest BCUT2D eigenvalue weighted by Gasteiger charge is -2.44. The van der Waals surface area contributed by atoms with E-state index in [2.05, 4.69) is 34.7 Å². The van der Waals surface area contributed by atoms with Gasteiger partial charge in [-0.3, -0.25) is 9.59 Å². The lowest BCUT2D eigenvalue weighted by Crippen LogP contribution is -2.39. The van der Waals surface area contributed by atoms with Crippen molar-refractivity contribution in [3.63, 3.8) is 0 Å². The first-order chi connectivity index (χ1) is 16.8. The van der Waals surface area contributed by atoms with Gasteiger partial charge < -0.3 is 4.90 Å². The second-order valence-corrected chi connectivity index (χ2v) is 11.5. The van der Waals surface area contributed by atoms with Crippen molar-refractivity contribution in [2.45, 2.75) is 32.6 Å². The highest BCUT2D eigenvalue weighted by atomic mass is 79.9. The van der Waals surface area contributed by atoms with E-state index in [4.69, 9.17) is 11.6 Å². The van der Waals surface area contributed by atoms with E-state index in [9.17, 15) is 9.59 Å². The molecule has 0 amide bonds. The topological polar surface area (TPSA) is 37.4 Å². The average Bonchev–Trinajstić information content (AvgIpc) is 3.11. The van der Waals surface area contributed by atoms with Crippen molar-refractivity contribution in [3.8, 4) is 0 Å². The summed E-state index contributed by atoms with van der Waals surface area (Å²) in [5.74, 6) is -0.450. The molecule has 0 bridgehead atoms. The molecule has 0 spiro atoms. The van der Waals surface area contributed by atoms with E-state index in [0.717, 1.165) is 39.1 Å². The number of nitrogens with zero attached hydrogens (tertiary/aromatic N) is 1. The maximum Gasteiger partial charge on any atom is 0.192 e.